The Kier molecular flexibility index (Phi) is 9.79. The molecule has 1 aliphatic rings. The van der Waals surface area contributed by atoms with Crippen molar-refractivity contribution in [2.45, 2.75) is 84.2 Å². The van der Waals surface area contributed by atoms with Crippen molar-refractivity contribution >= 4 is 43.9 Å². The highest BCUT2D eigenvalue weighted by Crippen LogP contribution is 2.49. The Balaban J connectivity index is 0.926. The second kappa shape index (κ2) is 15.8. The molecule has 1 aliphatic heterocycles. The fourth-order valence-electron chi connectivity index (χ4n) is 10.9. The summed E-state index contributed by atoms with van der Waals surface area (Å²) in [6.07, 6.45) is 15.5. The third kappa shape index (κ3) is 6.56. The summed E-state index contributed by atoms with van der Waals surface area (Å²) in [6, 6.07) is 49.0. The standard InChI is InChI=1S/C58H53N3O2/c1-5-8-15-39-22-25-52-45-17-9-11-18-50(45)58(7-3,57(6-2)61(52)37-39)27-29-60-28-14-13-19-51(60)46-31-40(23-21-38(46)4)42-30-43(36-59-35-42)41-24-26-54-47(32-41)49-33-48-44-16-10-12-20-53(44)62-55(48)34-56(49)63-54/h9-14,16-26,28,30-37,57H,5-8,15,27,29H2,1-4H3/q+2. The van der Waals surface area contributed by atoms with Crippen LogP contribution in [0.1, 0.15) is 75.6 Å². The first kappa shape index (κ1) is 39.0. The monoisotopic (exact) mass is 823 g/mol. The molecule has 0 radical (unpaired) electrons. The zero-order valence-electron chi connectivity index (χ0n) is 36.7. The van der Waals surface area contributed by atoms with Gasteiger partial charge in [-0.15, -0.1) is 0 Å². The van der Waals surface area contributed by atoms with Crippen molar-refractivity contribution in [3.8, 4) is 44.8 Å². The van der Waals surface area contributed by atoms with Crippen molar-refractivity contribution in [1.82, 2.24) is 4.98 Å². The molecule has 0 fully saturated rings. The molecule has 5 heteroatoms. The molecule has 5 aromatic heterocycles. The molecular weight excluding hydrogens is 771 g/mol. The molecule has 10 aromatic rings. The van der Waals surface area contributed by atoms with Crippen molar-refractivity contribution in [2.75, 3.05) is 0 Å². The lowest BCUT2D eigenvalue weighted by Gasteiger charge is -2.41. The number of pyridine rings is 3. The first-order valence-electron chi connectivity index (χ1n) is 22.9. The average Bonchev–Trinajstić information content (AvgIpc) is 3.88. The van der Waals surface area contributed by atoms with Gasteiger partial charge in [0.1, 0.15) is 28.9 Å². The number of benzene rings is 5. The van der Waals surface area contributed by atoms with Gasteiger partial charge in [0.05, 0.1) is 11.0 Å². The zero-order chi connectivity index (χ0) is 42.7. The number of aryl methyl sites for hydroxylation is 3. The van der Waals surface area contributed by atoms with E-state index < -0.39 is 0 Å². The van der Waals surface area contributed by atoms with Gasteiger partial charge in [0.25, 0.3) is 0 Å². The minimum absolute atomic E-state index is 0.0128. The highest BCUT2D eigenvalue weighted by atomic mass is 16.3. The molecule has 63 heavy (non-hydrogen) atoms. The van der Waals surface area contributed by atoms with E-state index in [4.69, 9.17) is 13.8 Å². The summed E-state index contributed by atoms with van der Waals surface area (Å²) in [7, 11) is 0. The van der Waals surface area contributed by atoms with Gasteiger partial charge in [-0.2, -0.15) is 9.13 Å². The van der Waals surface area contributed by atoms with Gasteiger partial charge in [-0.3, -0.25) is 4.98 Å². The predicted molar refractivity (Wildman–Crippen MR) is 257 cm³/mol. The summed E-state index contributed by atoms with van der Waals surface area (Å²) in [5.74, 6) is 0. The average molecular weight is 824 g/mol. The van der Waals surface area contributed by atoms with Crippen LogP contribution in [0.25, 0.3) is 88.6 Å². The van der Waals surface area contributed by atoms with Gasteiger partial charge in [0.15, 0.2) is 18.4 Å². The lowest BCUT2D eigenvalue weighted by atomic mass is 9.65. The molecule has 0 amide bonds. The van der Waals surface area contributed by atoms with Gasteiger partial charge in [-0.25, -0.2) is 0 Å². The number of para-hydroxylation sites is 1. The number of unbranched alkanes of at least 4 members (excludes halogenated alkanes) is 1. The number of rotatable bonds is 11. The van der Waals surface area contributed by atoms with E-state index in [1.54, 1.807) is 0 Å². The predicted octanol–water partition coefficient (Wildman–Crippen LogP) is 14.5. The van der Waals surface area contributed by atoms with E-state index in [1.165, 1.54) is 52.0 Å². The van der Waals surface area contributed by atoms with E-state index in [-0.39, 0.29) is 5.41 Å². The van der Waals surface area contributed by atoms with Gasteiger partial charge in [0, 0.05) is 93.3 Å². The third-order valence-electron chi connectivity index (χ3n) is 14.2. The molecule has 6 heterocycles. The van der Waals surface area contributed by atoms with Gasteiger partial charge in [-0.05, 0) is 103 Å². The normalized spacial score (nSPS) is 16.0. The summed E-state index contributed by atoms with van der Waals surface area (Å²) < 4.78 is 17.7. The van der Waals surface area contributed by atoms with Crippen molar-refractivity contribution < 1.29 is 18.0 Å². The van der Waals surface area contributed by atoms with Crippen LogP contribution < -0.4 is 9.13 Å². The van der Waals surface area contributed by atoms with Crippen LogP contribution in [0.2, 0.25) is 0 Å². The Morgan fingerprint density at radius 2 is 1.33 bits per heavy atom. The van der Waals surface area contributed by atoms with E-state index >= 15 is 0 Å². The van der Waals surface area contributed by atoms with Gasteiger partial charge in [-0.1, -0.05) is 81.8 Å². The maximum atomic E-state index is 6.36. The Labute approximate surface area is 369 Å². The quantitative estimate of drug-likeness (QED) is 0.122. The molecule has 0 N–H and O–H groups in total. The van der Waals surface area contributed by atoms with Crippen LogP contribution in [0.3, 0.4) is 0 Å². The molecule has 0 aliphatic carbocycles. The van der Waals surface area contributed by atoms with Crippen molar-refractivity contribution in [1.29, 1.82) is 0 Å². The van der Waals surface area contributed by atoms with E-state index in [0.717, 1.165) is 98.4 Å². The number of fused-ring (bicyclic) bond motifs is 9. The van der Waals surface area contributed by atoms with Gasteiger partial charge in [0.2, 0.25) is 11.4 Å². The topological polar surface area (TPSA) is 46.9 Å². The Bertz CT molecular complexity index is 3360. The van der Waals surface area contributed by atoms with Crippen LogP contribution in [0, 0.1) is 6.92 Å². The summed E-state index contributed by atoms with van der Waals surface area (Å²) in [5.41, 5.74) is 17.2. The number of hydrogen-bond acceptors (Lipinski definition) is 3. The number of furan rings is 2. The summed E-state index contributed by atoms with van der Waals surface area (Å²) in [4.78, 5) is 4.80. The minimum Gasteiger partial charge on any atom is -0.456 e. The van der Waals surface area contributed by atoms with Crippen LogP contribution in [0.4, 0.5) is 0 Å². The number of nitrogens with zero attached hydrogens (tertiary/aromatic N) is 3. The minimum atomic E-state index is -0.0128. The molecule has 2 unspecified atom stereocenters. The van der Waals surface area contributed by atoms with Gasteiger partial charge < -0.3 is 8.83 Å². The van der Waals surface area contributed by atoms with E-state index in [9.17, 15) is 0 Å². The highest BCUT2D eigenvalue weighted by Gasteiger charge is 2.50. The first-order chi connectivity index (χ1) is 31.0. The fourth-order valence-corrected chi connectivity index (χ4v) is 10.9. The second-order valence-corrected chi connectivity index (χ2v) is 17.7. The van der Waals surface area contributed by atoms with Gasteiger partial charge >= 0.3 is 0 Å². The number of aromatic nitrogens is 3. The molecule has 310 valence electrons. The Hall–Kier alpha value is -6.85. The molecule has 0 saturated heterocycles. The van der Waals surface area contributed by atoms with E-state index in [2.05, 4.69) is 164 Å². The SMILES string of the molecule is CCCCc1ccc2[n+](c1)C(CC)C(CC)(CC[n+]1ccccc1-c1cc(-c3cncc(-c4ccc5oc6cc7oc8ccccc8c7cc6c5c4)c3)ccc1C)c1ccccc1-2. The molecule has 0 saturated carbocycles. The van der Waals surface area contributed by atoms with Crippen LogP contribution >= 0.6 is 0 Å². The summed E-state index contributed by atoms with van der Waals surface area (Å²) >= 11 is 0. The zero-order valence-corrected chi connectivity index (χ0v) is 36.7. The summed E-state index contributed by atoms with van der Waals surface area (Å²) in [6.45, 7) is 10.2. The fraction of sp³-hybridized carbons (Fsp3) is 0.224. The van der Waals surface area contributed by atoms with Crippen molar-refractivity contribution in [3.63, 3.8) is 0 Å². The van der Waals surface area contributed by atoms with E-state index in [0.29, 0.717) is 6.04 Å². The van der Waals surface area contributed by atoms with Crippen molar-refractivity contribution in [2.24, 2.45) is 0 Å². The smallest absolute Gasteiger partial charge is 0.213 e. The van der Waals surface area contributed by atoms with E-state index in [1.807, 2.05) is 30.6 Å². The van der Waals surface area contributed by atoms with Crippen LogP contribution in [-0.2, 0) is 18.4 Å². The third-order valence-corrected chi connectivity index (χ3v) is 14.2. The lowest BCUT2D eigenvalue weighted by Crippen LogP contribution is -2.57. The van der Waals surface area contributed by atoms with Crippen LogP contribution in [0.5, 0.6) is 0 Å². The first-order valence-corrected chi connectivity index (χ1v) is 22.9. The number of hydrogen-bond donors (Lipinski definition) is 0. The molecular formula is C58H53N3O2+2. The largest absolute Gasteiger partial charge is 0.456 e. The van der Waals surface area contributed by atoms with Crippen LogP contribution in [-0.4, -0.2) is 4.98 Å². The molecule has 0 bridgehead atoms. The second-order valence-electron chi connectivity index (χ2n) is 17.7. The highest BCUT2D eigenvalue weighted by molar-refractivity contribution is 6.15. The Morgan fingerprint density at radius 3 is 2.16 bits per heavy atom. The molecule has 0 spiro atoms. The Morgan fingerprint density at radius 1 is 0.603 bits per heavy atom. The molecule has 2 atom stereocenters. The maximum Gasteiger partial charge on any atom is 0.213 e. The van der Waals surface area contributed by atoms with Crippen LogP contribution in [0.15, 0.2) is 167 Å². The van der Waals surface area contributed by atoms with Crippen molar-refractivity contribution in [3.05, 3.63) is 175 Å². The summed E-state index contributed by atoms with van der Waals surface area (Å²) in [5, 5.41) is 4.37. The molecule has 5 aromatic carbocycles. The molecule has 11 rings (SSSR count). The maximum absolute atomic E-state index is 6.36. The molecule has 5 nitrogen and oxygen atoms in total. The lowest BCUT2D eigenvalue weighted by molar-refractivity contribution is -0.730.